The summed E-state index contributed by atoms with van der Waals surface area (Å²) in [7, 11) is 0. The second-order valence-corrected chi connectivity index (χ2v) is 3.84. The van der Waals surface area contributed by atoms with E-state index in [0.29, 0.717) is 0 Å². The number of hydrogen-bond acceptors (Lipinski definition) is 2. The van der Waals surface area contributed by atoms with Gasteiger partial charge < -0.3 is 0 Å². The smallest absolute Gasteiger partial charge is 0.00534 e. The molecule has 0 atom stereocenters. The number of thiophene rings is 1. The van der Waals surface area contributed by atoms with Crippen molar-refractivity contribution < 1.29 is 0 Å². The highest BCUT2D eigenvalue weighted by Crippen LogP contribution is 2.10. The lowest BCUT2D eigenvalue weighted by molar-refractivity contribution is 1.21. The molecule has 0 saturated carbocycles. The first-order valence-corrected chi connectivity index (χ1v) is 5.22. The monoisotopic (exact) mass is 158 g/mol. The predicted octanol–water partition coefficient (Wildman–Crippen LogP) is 2.65. The van der Waals surface area contributed by atoms with Crippen LogP contribution in [0.25, 0.3) is 0 Å². The van der Waals surface area contributed by atoms with Gasteiger partial charge in [-0.3, -0.25) is 0 Å². The summed E-state index contributed by atoms with van der Waals surface area (Å²) < 4.78 is 0. The van der Waals surface area contributed by atoms with Gasteiger partial charge in [-0.2, -0.15) is 11.8 Å². The zero-order chi connectivity index (χ0) is 6.53. The molecule has 1 rings (SSSR count). The molecular formula is C7H10S2. The molecule has 0 aromatic carbocycles. The third-order valence-corrected chi connectivity index (χ3v) is 2.68. The van der Waals surface area contributed by atoms with Crippen molar-refractivity contribution in [2.45, 2.75) is 6.42 Å². The number of aryl methyl sites for hydroxylation is 1. The number of hydrogen-bond donors (Lipinski definition) is 0. The van der Waals surface area contributed by atoms with E-state index in [-0.39, 0.29) is 0 Å². The van der Waals surface area contributed by atoms with Crippen LogP contribution >= 0.6 is 23.1 Å². The summed E-state index contributed by atoms with van der Waals surface area (Å²) in [5.74, 6) is 1.25. The summed E-state index contributed by atoms with van der Waals surface area (Å²) in [6.45, 7) is 0. The Kier molecular flexibility index (Phi) is 3.15. The fourth-order valence-corrected chi connectivity index (χ4v) is 1.92. The van der Waals surface area contributed by atoms with Crippen LogP contribution in [0.2, 0.25) is 0 Å². The van der Waals surface area contributed by atoms with Crippen LogP contribution in [0.3, 0.4) is 0 Å². The largest absolute Gasteiger partial charge is 0.165 e. The fourth-order valence-electron chi connectivity index (χ4n) is 0.657. The SMILES string of the molecule is CSCCc1cccs1. The molecule has 0 aliphatic rings. The highest BCUT2D eigenvalue weighted by Gasteiger charge is 1.89. The van der Waals surface area contributed by atoms with Crippen LogP contribution in [-0.4, -0.2) is 12.0 Å². The molecule has 50 valence electrons. The van der Waals surface area contributed by atoms with E-state index in [9.17, 15) is 0 Å². The molecule has 0 nitrogen and oxygen atoms in total. The number of thioether (sulfide) groups is 1. The summed E-state index contributed by atoms with van der Waals surface area (Å²) in [5, 5.41) is 2.13. The zero-order valence-corrected chi connectivity index (χ0v) is 7.10. The van der Waals surface area contributed by atoms with Gasteiger partial charge in [0.2, 0.25) is 0 Å². The second-order valence-electron chi connectivity index (χ2n) is 1.82. The van der Waals surface area contributed by atoms with Gasteiger partial charge in [-0.1, -0.05) is 6.07 Å². The molecule has 0 amide bonds. The van der Waals surface area contributed by atoms with Crippen molar-refractivity contribution in [3.8, 4) is 0 Å². The molecule has 0 radical (unpaired) electrons. The van der Waals surface area contributed by atoms with Crippen molar-refractivity contribution in [2.75, 3.05) is 12.0 Å². The van der Waals surface area contributed by atoms with Gasteiger partial charge in [-0.15, -0.1) is 11.3 Å². The number of rotatable bonds is 3. The summed E-state index contributed by atoms with van der Waals surface area (Å²) >= 11 is 3.76. The molecule has 0 bridgehead atoms. The van der Waals surface area contributed by atoms with Gasteiger partial charge in [0.25, 0.3) is 0 Å². The first-order valence-electron chi connectivity index (χ1n) is 2.95. The second kappa shape index (κ2) is 3.96. The van der Waals surface area contributed by atoms with Crippen LogP contribution < -0.4 is 0 Å². The topological polar surface area (TPSA) is 0 Å². The van der Waals surface area contributed by atoms with Crippen LogP contribution in [0, 0.1) is 0 Å². The molecule has 0 spiro atoms. The van der Waals surface area contributed by atoms with E-state index >= 15 is 0 Å². The predicted molar refractivity (Wildman–Crippen MR) is 46.4 cm³/mol. The quantitative estimate of drug-likeness (QED) is 0.651. The highest BCUT2D eigenvalue weighted by molar-refractivity contribution is 7.98. The van der Waals surface area contributed by atoms with Crippen LogP contribution in [-0.2, 0) is 6.42 Å². The maximum atomic E-state index is 2.20. The lowest BCUT2D eigenvalue weighted by atomic mass is 10.4. The van der Waals surface area contributed by atoms with Gasteiger partial charge in [0.1, 0.15) is 0 Å². The molecular weight excluding hydrogens is 148 g/mol. The van der Waals surface area contributed by atoms with Crippen molar-refractivity contribution in [3.05, 3.63) is 22.4 Å². The Morgan fingerprint density at radius 3 is 3.11 bits per heavy atom. The van der Waals surface area contributed by atoms with Crippen LogP contribution in [0.15, 0.2) is 17.5 Å². The maximum absolute atomic E-state index is 2.20. The van der Waals surface area contributed by atoms with E-state index in [1.807, 2.05) is 23.1 Å². The summed E-state index contributed by atoms with van der Waals surface area (Å²) in [4.78, 5) is 1.50. The van der Waals surface area contributed by atoms with E-state index in [4.69, 9.17) is 0 Å². The Morgan fingerprint density at radius 2 is 2.56 bits per heavy atom. The minimum Gasteiger partial charge on any atom is -0.165 e. The Bertz CT molecular complexity index is 144. The van der Waals surface area contributed by atoms with Crippen molar-refractivity contribution in [2.24, 2.45) is 0 Å². The first-order chi connectivity index (χ1) is 4.43. The van der Waals surface area contributed by atoms with Gasteiger partial charge in [0.05, 0.1) is 0 Å². The summed E-state index contributed by atoms with van der Waals surface area (Å²) in [5.41, 5.74) is 0. The molecule has 0 N–H and O–H groups in total. The van der Waals surface area contributed by atoms with E-state index in [1.165, 1.54) is 17.1 Å². The molecule has 9 heavy (non-hydrogen) atoms. The Balaban J connectivity index is 2.30. The van der Waals surface area contributed by atoms with Crippen LogP contribution in [0.1, 0.15) is 4.88 Å². The fraction of sp³-hybridized carbons (Fsp3) is 0.429. The van der Waals surface area contributed by atoms with Crippen molar-refractivity contribution in [3.63, 3.8) is 0 Å². The minimum absolute atomic E-state index is 1.23. The Labute approximate surface area is 64.3 Å². The van der Waals surface area contributed by atoms with Crippen LogP contribution in [0.4, 0.5) is 0 Å². The molecule has 0 aliphatic carbocycles. The maximum Gasteiger partial charge on any atom is 0.00534 e. The van der Waals surface area contributed by atoms with Gasteiger partial charge in [0.15, 0.2) is 0 Å². The summed E-state index contributed by atoms with van der Waals surface area (Å²) in [6, 6.07) is 4.31. The van der Waals surface area contributed by atoms with Gasteiger partial charge in [-0.25, -0.2) is 0 Å². The summed E-state index contributed by atoms with van der Waals surface area (Å²) in [6.07, 6.45) is 3.38. The van der Waals surface area contributed by atoms with E-state index in [2.05, 4.69) is 23.8 Å². The standard InChI is InChI=1S/C7H10S2/c1-8-6-4-7-3-2-5-9-7/h2-3,5H,4,6H2,1H3. The molecule has 1 aromatic heterocycles. The third-order valence-electron chi connectivity index (χ3n) is 1.13. The van der Waals surface area contributed by atoms with Crippen molar-refractivity contribution in [1.29, 1.82) is 0 Å². The molecule has 2 heteroatoms. The molecule has 1 heterocycles. The Morgan fingerprint density at radius 1 is 1.67 bits per heavy atom. The zero-order valence-electron chi connectivity index (χ0n) is 5.46. The van der Waals surface area contributed by atoms with Crippen molar-refractivity contribution >= 4 is 23.1 Å². The normalized spacial score (nSPS) is 9.89. The highest BCUT2D eigenvalue weighted by atomic mass is 32.2. The minimum atomic E-state index is 1.23. The van der Waals surface area contributed by atoms with Gasteiger partial charge in [0, 0.05) is 4.88 Å². The molecule has 1 aromatic rings. The van der Waals surface area contributed by atoms with E-state index < -0.39 is 0 Å². The first kappa shape index (κ1) is 7.16. The molecule has 0 aliphatic heterocycles. The lowest BCUT2D eigenvalue weighted by Crippen LogP contribution is -1.80. The van der Waals surface area contributed by atoms with Gasteiger partial charge in [-0.05, 0) is 29.9 Å². The van der Waals surface area contributed by atoms with E-state index in [1.54, 1.807) is 0 Å². The van der Waals surface area contributed by atoms with E-state index in [0.717, 1.165) is 0 Å². The molecule has 0 unspecified atom stereocenters. The third kappa shape index (κ3) is 2.41. The lowest BCUT2D eigenvalue weighted by Gasteiger charge is -1.90. The van der Waals surface area contributed by atoms with Crippen LogP contribution in [0.5, 0.6) is 0 Å². The van der Waals surface area contributed by atoms with Gasteiger partial charge >= 0.3 is 0 Å². The average Bonchev–Trinajstić information content (AvgIpc) is 2.34. The molecule has 0 fully saturated rings. The average molecular weight is 158 g/mol. The molecule has 0 saturated heterocycles. The Hall–Kier alpha value is 0.0500. The van der Waals surface area contributed by atoms with Crippen molar-refractivity contribution in [1.82, 2.24) is 0 Å².